The monoisotopic (exact) mass is 276 g/mol. The summed E-state index contributed by atoms with van der Waals surface area (Å²) in [7, 11) is 0. The molecule has 20 heavy (non-hydrogen) atoms. The summed E-state index contributed by atoms with van der Waals surface area (Å²) in [5, 5.41) is 4.40. The second-order valence-electron chi connectivity index (χ2n) is 5.04. The third-order valence-electron chi connectivity index (χ3n) is 3.43. The number of hydrogen-bond donors (Lipinski definition) is 2. The maximum absolute atomic E-state index is 14.1. The van der Waals surface area contributed by atoms with E-state index in [0.29, 0.717) is 12.0 Å². The number of rotatable bonds is 5. The summed E-state index contributed by atoms with van der Waals surface area (Å²) < 4.78 is 16.0. The van der Waals surface area contributed by atoms with Crippen molar-refractivity contribution in [1.29, 1.82) is 0 Å². The molecule has 0 aliphatic carbocycles. The lowest BCUT2D eigenvalue weighted by molar-refractivity contribution is 0.490. The van der Waals surface area contributed by atoms with Gasteiger partial charge in [0.1, 0.15) is 5.82 Å². The molecule has 0 spiro atoms. The SMILES string of the molecule is CCn1nc(C)cc1CC(NN)c1ccc(C)cc1F. The van der Waals surface area contributed by atoms with Gasteiger partial charge < -0.3 is 0 Å². The summed E-state index contributed by atoms with van der Waals surface area (Å²) >= 11 is 0. The predicted octanol–water partition coefficient (Wildman–Crippen LogP) is 2.41. The molecule has 1 aromatic carbocycles. The normalized spacial score (nSPS) is 12.7. The third kappa shape index (κ3) is 3.05. The molecule has 0 aliphatic heterocycles. The zero-order valence-electron chi connectivity index (χ0n) is 12.2. The Morgan fingerprint density at radius 1 is 1.35 bits per heavy atom. The van der Waals surface area contributed by atoms with E-state index < -0.39 is 0 Å². The van der Waals surface area contributed by atoms with Crippen LogP contribution >= 0.6 is 0 Å². The first kappa shape index (κ1) is 14.7. The van der Waals surface area contributed by atoms with Crippen molar-refractivity contribution in [3.63, 3.8) is 0 Å². The number of aromatic nitrogens is 2. The van der Waals surface area contributed by atoms with Crippen LogP contribution in [0.15, 0.2) is 24.3 Å². The van der Waals surface area contributed by atoms with Crippen molar-refractivity contribution in [1.82, 2.24) is 15.2 Å². The Morgan fingerprint density at radius 2 is 2.10 bits per heavy atom. The molecular weight excluding hydrogens is 255 g/mol. The number of benzene rings is 1. The number of nitrogens with zero attached hydrogens (tertiary/aromatic N) is 2. The highest BCUT2D eigenvalue weighted by atomic mass is 19.1. The molecule has 1 atom stereocenters. The van der Waals surface area contributed by atoms with Crippen molar-refractivity contribution in [3.05, 3.63) is 52.6 Å². The average molecular weight is 276 g/mol. The van der Waals surface area contributed by atoms with E-state index in [-0.39, 0.29) is 11.9 Å². The first-order valence-electron chi connectivity index (χ1n) is 6.80. The van der Waals surface area contributed by atoms with Crippen molar-refractivity contribution < 1.29 is 4.39 Å². The van der Waals surface area contributed by atoms with Gasteiger partial charge in [0.25, 0.3) is 0 Å². The zero-order valence-corrected chi connectivity index (χ0v) is 12.2. The van der Waals surface area contributed by atoms with Crippen LogP contribution in [0.2, 0.25) is 0 Å². The number of nitrogens with two attached hydrogens (primary N) is 1. The third-order valence-corrected chi connectivity index (χ3v) is 3.43. The Balaban J connectivity index is 2.28. The van der Waals surface area contributed by atoms with Gasteiger partial charge in [0, 0.05) is 24.2 Å². The smallest absolute Gasteiger partial charge is 0.128 e. The van der Waals surface area contributed by atoms with E-state index in [1.807, 2.05) is 37.6 Å². The zero-order chi connectivity index (χ0) is 14.7. The van der Waals surface area contributed by atoms with Crippen molar-refractivity contribution in [2.45, 2.75) is 39.8 Å². The second kappa shape index (κ2) is 6.15. The van der Waals surface area contributed by atoms with Crippen LogP contribution in [-0.4, -0.2) is 9.78 Å². The minimum Gasteiger partial charge on any atom is -0.271 e. The Morgan fingerprint density at radius 3 is 2.70 bits per heavy atom. The fourth-order valence-electron chi connectivity index (χ4n) is 2.42. The minimum atomic E-state index is -0.267. The lowest BCUT2D eigenvalue weighted by atomic mass is 10.0. The maximum Gasteiger partial charge on any atom is 0.128 e. The molecule has 1 unspecified atom stereocenters. The van der Waals surface area contributed by atoms with E-state index in [1.165, 1.54) is 6.07 Å². The van der Waals surface area contributed by atoms with Crippen LogP contribution in [0.1, 0.15) is 35.5 Å². The van der Waals surface area contributed by atoms with Crippen LogP contribution in [0, 0.1) is 19.7 Å². The number of nitrogens with one attached hydrogen (secondary N) is 1. The first-order valence-corrected chi connectivity index (χ1v) is 6.80. The number of hydrogen-bond acceptors (Lipinski definition) is 3. The van der Waals surface area contributed by atoms with E-state index in [9.17, 15) is 4.39 Å². The summed E-state index contributed by atoms with van der Waals surface area (Å²) in [6.07, 6.45) is 0.602. The predicted molar refractivity (Wildman–Crippen MR) is 77.5 cm³/mol. The van der Waals surface area contributed by atoms with Crippen molar-refractivity contribution >= 4 is 0 Å². The lowest BCUT2D eigenvalue weighted by Gasteiger charge is -2.18. The highest BCUT2D eigenvalue weighted by molar-refractivity contribution is 5.27. The van der Waals surface area contributed by atoms with Gasteiger partial charge >= 0.3 is 0 Å². The Labute approximate surface area is 118 Å². The van der Waals surface area contributed by atoms with E-state index in [4.69, 9.17) is 5.84 Å². The van der Waals surface area contributed by atoms with Gasteiger partial charge in [-0.05, 0) is 38.5 Å². The summed E-state index contributed by atoms with van der Waals surface area (Å²) in [4.78, 5) is 0. The van der Waals surface area contributed by atoms with Gasteiger partial charge in [0.2, 0.25) is 0 Å². The number of halogens is 1. The van der Waals surface area contributed by atoms with Gasteiger partial charge in [-0.25, -0.2) is 4.39 Å². The van der Waals surface area contributed by atoms with Crippen molar-refractivity contribution in [2.24, 2.45) is 5.84 Å². The quantitative estimate of drug-likeness (QED) is 0.651. The molecule has 2 aromatic rings. The fourth-order valence-corrected chi connectivity index (χ4v) is 2.42. The molecular formula is C15H21FN4. The molecule has 0 fully saturated rings. The Hall–Kier alpha value is -1.72. The molecule has 1 heterocycles. The van der Waals surface area contributed by atoms with E-state index in [2.05, 4.69) is 10.5 Å². The van der Waals surface area contributed by atoms with Gasteiger partial charge in [-0.15, -0.1) is 0 Å². The van der Waals surface area contributed by atoms with Gasteiger partial charge in [-0.1, -0.05) is 12.1 Å². The molecule has 108 valence electrons. The minimum absolute atomic E-state index is 0.229. The fraction of sp³-hybridized carbons (Fsp3) is 0.400. The van der Waals surface area contributed by atoms with Crippen LogP contribution in [0.4, 0.5) is 4.39 Å². The summed E-state index contributed by atoms with van der Waals surface area (Å²) in [5.74, 6) is 5.38. The Bertz CT molecular complexity index is 592. The maximum atomic E-state index is 14.1. The van der Waals surface area contributed by atoms with E-state index in [1.54, 1.807) is 6.07 Å². The Kier molecular flexibility index (Phi) is 4.52. The molecule has 0 saturated carbocycles. The van der Waals surface area contributed by atoms with Gasteiger partial charge in [-0.2, -0.15) is 5.10 Å². The first-order chi connectivity index (χ1) is 9.55. The average Bonchev–Trinajstić information content (AvgIpc) is 2.76. The van der Waals surface area contributed by atoms with Crippen LogP contribution in [0.5, 0.6) is 0 Å². The summed E-state index contributed by atoms with van der Waals surface area (Å²) in [6.45, 7) is 6.64. The van der Waals surface area contributed by atoms with Gasteiger partial charge in [-0.3, -0.25) is 16.0 Å². The van der Waals surface area contributed by atoms with Crippen LogP contribution in [0.25, 0.3) is 0 Å². The second-order valence-corrected chi connectivity index (χ2v) is 5.04. The summed E-state index contributed by atoms with van der Waals surface area (Å²) in [5.41, 5.74) is 6.20. The lowest BCUT2D eigenvalue weighted by Crippen LogP contribution is -2.31. The standard InChI is InChI=1S/C15H21FN4/c1-4-20-12(8-11(3)19-20)9-15(18-17)13-6-5-10(2)7-14(13)16/h5-8,15,18H,4,9,17H2,1-3H3. The van der Waals surface area contributed by atoms with Gasteiger partial charge in [0.05, 0.1) is 11.7 Å². The van der Waals surface area contributed by atoms with E-state index >= 15 is 0 Å². The molecule has 0 bridgehead atoms. The van der Waals surface area contributed by atoms with Gasteiger partial charge in [0.15, 0.2) is 0 Å². The number of aryl methyl sites for hydroxylation is 3. The topological polar surface area (TPSA) is 55.9 Å². The molecule has 3 N–H and O–H groups in total. The highest BCUT2D eigenvalue weighted by Crippen LogP contribution is 2.22. The molecule has 1 aromatic heterocycles. The largest absolute Gasteiger partial charge is 0.271 e. The molecule has 2 rings (SSSR count). The molecule has 4 nitrogen and oxygen atoms in total. The van der Waals surface area contributed by atoms with Crippen LogP contribution in [0.3, 0.4) is 0 Å². The molecule has 0 saturated heterocycles. The molecule has 0 radical (unpaired) electrons. The molecule has 0 aliphatic rings. The summed E-state index contributed by atoms with van der Waals surface area (Å²) in [6, 6.07) is 6.96. The number of hydrazine groups is 1. The molecule has 5 heteroatoms. The highest BCUT2D eigenvalue weighted by Gasteiger charge is 2.17. The van der Waals surface area contributed by atoms with E-state index in [0.717, 1.165) is 23.5 Å². The van der Waals surface area contributed by atoms with Crippen molar-refractivity contribution in [3.8, 4) is 0 Å². The van der Waals surface area contributed by atoms with Crippen molar-refractivity contribution in [2.75, 3.05) is 0 Å². The van der Waals surface area contributed by atoms with Crippen LogP contribution < -0.4 is 11.3 Å². The molecule has 0 amide bonds. The van der Waals surface area contributed by atoms with Crippen LogP contribution in [-0.2, 0) is 13.0 Å².